The Kier molecular flexibility index (Phi) is 4.95. The van der Waals surface area contributed by atoms with E-state index in [0.717, 1.165) is 42.4 Å². The number of carbonyl (C=O) groups is 1. The van der Waals surface area contributed by atoms with E-state index in [9.17, 15) is 4.79 Å². The maximum atomic E-state index is 12.2. The van der Waals surface area contributed by atoms with Crippen LogP contribution in [-0.2, 0) is 4.79 Å². The Hall–Kier alpha value is -1.62. The molecule has 2 rings (SSSR count). The maximum Gasteiger partial charge on any atom is 0.227 e. The van der Waals surface area contributed by atoms with Crippen LogP contribution in [0.25, 0.3) is 11.0 Å². The monoisotopic (exact) mass is 290 g/mol. The van der Waals surface area contributed by atoms with Crippen molar-refractivity contribution in [3.8, 4) is 0 Å². The molecular weight excluding hydrogens is 270 g/mol. The minimum absolute atomic E-state index is 0.0827. The number of anilines is 1. The molecule has 0 aliphatic heterocycles. The van der Waals surface area contributed by atoms with Gasteiger partial charge < -0.3 is 10.3 Å². The lowest BCUT2D eigenvalue weighted by Crippen LogP contribution is -2.22. The summed E-state index contributed by atoms with van der Waals surface area (Å²) in [7, 11) is 0. The van der Waals surface area contributed by atoms with Crippen molar-refractivity contribution in [3.63, 3.8) is 0 Å². The van der Waals surface area contributed by atoms with Crippen molar-refractivity contribution in [2.24, 2.45) is 5.92 Å². The van der Waals surface area contributed by atoms with E-state index in [1.165, 1.54) is 0 Å². The second kappa shape index (κ2) is 6.70. The Morgan fingerprint density at radius 2 is 2.25 bits per heavy atom. The fourth-order valence-electron chi connectivity index (χ4n) is 2.28. The molecule has 0 aliphatic carbocycles. The van der Waals surface area contributed by atoms with Crippen molar-refractivity contribution in [2.45, 2.75) is 44.7 Å². The molecule has 1 aromatic heterocycles. The fraction of sp³-hybridized carbons (Fsp3) is 0.467. The number of benzene rings is 1. The number of hydrogen-bond donors (Lipinski definition) is 2. The molecule has 1 atom stereocenters. The first-order valence-electron chi connectivity index (χ1n) is 7.11. The van der Waals surface area contributed by atoms with E-state index in [-0.39, 0.29) is 11.8 Å². The average molecular weight is 290 g/mol. The van der Waals surface area contributed by atoms with E-state index in [4.69, 9.17) is 12.6 Å². The molecule has 1 amide bonds. The molecule has 0 spiro atoms. The van der Waals surface area contributed by atoms with E-state index in [1.54, 1.807) is 0 Å². The standard InChI is InChI=1S/C15H20N3OS/c1-3-5-6-10(4-2)14(19)16-11-7-8-12-13(9-11)18-15(20)17-12/h7-10H,3-6H2,1-2H3,(H,16,19)(H,17,18). The molecule has 0 saturated heterocycles. The molecule has 1 unspecified atom stereocenters. The van der Waals surface area contributed by atoms with Gasteiger partial charge in [-0.25, -0.2) is 4.98 Å². The molecule has 1 heterocycles. The zero-order valence-electron chi connectivity index (χ0n) is 11.9. The number of carbonyl (C=O) groups excluding carboxylic acids is 1. The number of aromatic nitrogens is 2. The number of fused-ring (bicyclic) bond motifs is 1. The number of rotatable bonds is 6. The largest absolute Gasteiger partial charge is 0.329 e. The highest BCUT2D eigenvalue weighted by atomic mass is 32.1. The van der Waals surface area contributed by atoms with Gasteiger partial charge in [0.2, 0.25) is 5.91 Å². The van der Waals surface area contributed by atoms with Gasteiger partial charge in [0.1, 0.15) is 0 Å². The number of hydrogen-bond acceptors (Lipinski definition) is 2. The van der Waals surface area contributed by atoms with Crippen molar-refractivity contribution in [3.05, 3.63) is 18.2 Å². The van der Waals surface area contributed by atoms with Crippen LogP contribution in [-0.4, -0.2) is 15.9 Å². The molecular formula is C15H20N3OS. The lowest BCUT2D eigenvalue weighted by atomic mass is 9.98. The van der Waals surface area contributed by atoms with Gasteiger partial charge in [-0.2, -0.15) is 0 Å². The summed E-state index contributed by atoms with van der Waals surface area (Å²) in [5.74, 6) is 0.175. The second-order valence-electron chi connectivity index (χ2n) is 5.01. The maximum absolute atomic E-state index is 12.2. The molecule has 5 heteroatoms. The highest BCUT2D eigenvalue weighted by Crippen LogP contribution is 2.20. The molecule has 20 heavy (non-hydrogen) atoms. The molecule has 0 fully saturated rings. The number of imidazole rings is 1. The summed E-state index contributed by atoms with van der Waals surface area (Å²) in [4.78, 5) is 19.4. The summed E-state index contributed by atoms with van der Waals surface area (Å²) in [6.07, 6.45) is 4.01. The number of unbranched alkanes of at least 4 members (excludes halogenated alkanes) is 1. The summed E-state index contributed by atoms with van der Waals surface area (Å²) >= 11 is 5.00. The van der Waals surface area contributed by atoms with E-state index in [1.807, 2.05) is 18.2 Å². The predicted molar refractivity (Wildman–Crippen MR) is 83.9 cm³/mol. The normalized spacial score (nSPS) is 12.5. The Morgan fingerprint density at radius 3 is 2.95 bits per heavy atom. The van der Waals surface area contributed by atoms with Crippen LogP contribution in [0.3, 0.4) is 0 Å². The van der Waals surface area contributed by atoms with E-state index >= 15 is 0 Å². The highest BCUT2D eigenvalue weighted by Gasteiger charge is 2.16. The van der Waals surface area contributed by atoms with Crippen LogP contribution in [0.2, 0.25) is 0 Å². The first kappa shape index (κ1) is 14.8. The third kappa shape index (κ3) is 3.48. The van der Waals surface area contributed by atoms with Gasteiger partial charge in [-0.15, -0.1) is 0 Å². The van der Waals surface area contributed by atoms with Crippen LogP contribution in [0.4, 0.5) is 5.69 Å². The van der Waals surface area contributed by atoms with Crippen LogP contribution in [0, 0.1) is 5.92 Å². The van der Waals surface area contributed by atoms with E-state index < -0.39 is 0 Å². The molecule has 0 aliphatic rings. The Bertz CT molecular complexity index is 594. The van der Waals surface area contributed by atoms with Crippen molar-refractivity contribution >= 4 is 35.3 Å². The minimum Gasteiger partial charge on any atom is -0.329 e. The van der Waals surface area contributed by atoms with Crippen LogP contribution < -0.4 is 5.32 Å². The lowest BCUT2D eigenvalue weighted by Gasteiger charge is -2.14. The van der Waals surface area contributed by atoms with Crippen LogP contribution >= 0.6 is 12.6 Å². The average Bonchev–Trinajstić information content (AvgIpc) is 2.79. The number of H-pyrrole nitrogens is 1. The molecule has 1 radical (unpaired) electrons. The summed E-state index contributed by atoms with van der Waals surface area (Å²) < 4.78 is 0. The third-order valence-electron chi connectivity index (χ3n) is 3.50. The Labute approximate surface area is 124 Å². The zero-order chi connectivity index (χ0) is 14.5. The molecule has 4 nitrogen and oxygen atoms in total. The molecule has 1 aromatic carbocycles. The quantitative estimate of drug-likeness (QED) is 0.834. The summed E-state index contributed by atoms with van der Waals surface area (Å²) in [5.41, 5.74) is 2.46. The molecule has 0 bridgehead atoms. The van der Waals surface area contributed by atoms with Crippen LogP contribution in [0.1, 0.15) is 39.5 Å². The van der Waals surface area contributed by atoms with Gasteiger partial charge in [0.15, 0.2) is 5.16 Å². The van der Waals surface area contributed by atoms with E-state index in [2.05, 4.69) is 29.1 Å². The van der Waals surface area contributed by atoms with Gasteiger partial charge in [-0.05, 0) is 43.7 Å². The predicted octanol–water partition coefficient (Wildman–Crippen LogP) is 4.27. The van der Waals surface area contributed by atoms with E-state index in [0.29, 0.717) is 5.16 Å². The number of nitrogens with one attached hydrogen (secondary N) is 2. The van der Waals surface area contributed by atoms with Crippen molar-refractivity contribution < 1.29 is 4.79 Å². The Morgan fingerprint density at radius 1 is 1.45 bits per heavy atom. The number of aromatic amines is 1. The summed E-state index contributed by atoms with van der Waals surface area (Å²) in [6.45, 7) is 4.20. The SMILES string of the molecule is CCCCC(CC)C(=O)Nc1ccc2[nH]c([S])nc2c1. The molecule has 107 valence electrons. The summed E-state index contributed by atoms with van der Waals surface area (Å²) in [5, 5.41) is 3.45. The second-order valence-corrected chi connectivity index (χ2v) is 5.40. The molecule has 0 saturated carbocycles. The number of nitrogens with zero attached hydrogens (tertiary/aromatic N) is 1. The summed E-state index contributed by atoms with van der Waals surface area (Å²) in [6, 6.07) is 5.62. The Balaban J connectivity index is 2.08. The third-order valence-corrected chi connectivity index (χ3v) is 3.69. The molecule has 2 N–H and O–H groups in total. The van der Waals surface area contributed by atoms with Gasteiger partial charge in [-0.3, -0.25) is 4.79 Å². The van der Waals surface area contributed by atoms with Crippen LogP contribution in [0.15, 0.2) is 23.4 Å². The zero-order valence-corrected chi connectivity index (χ0v) is 12.7. The van der Waals surface area contributed by atoms with Gasteiger partial charge in [0, 0.05) is 11.6 Å². The first-order valence-corrected chi connectivity index (χ1v) is 7.52. The van der Waals surface area contributed by atoms with Gasteiger partial charge in [-0.1, -0.05) is 26.7 Å². The first-order chi connectivity index (χ1) is 9.63. The van der Waals surface area contributed by atoms with Crippen LogP contribution in [0.5, 0.6) is 0 Å². The van der Waals surface area contributed by atoms with Crippen molar-refractivity contribution in [1.82, 2.24) is 9.97 Å². The minimum atomic E-state index is 0.0827. The van der Waals surface area contributed by atoms with Crippen molar-refractivity contribution in [1.29, 1.82) is 0 Å². The lowest BCUT2D eigenvalue weighted by molar-refractivity contribution is -0.120. The van der Waals surface area contributed by atoms with Crippen molar-refractivity contribution in [2.75, 3.05) is 5.32 Å². The fourth-order valence-corrected chi connectivity index (χ4v) is 2.48. The topological polar surface area (TPSA) is 57.8 Å². The smallest absolute Gasteiger partial charge is 0.227 e. The highest BCUT2D eigenvalue weighted by molar-refractivity contribution is 7.80. The number of amides is 1. The van der Waals surface area contributed by atoms with Gasteiger partial charge in [0.25, 0.3) is 0 Å². The molecule has 2 aromatic rings. The van der Waals surface area contributed by atoms with Gasteiger partial charge in [0.05, 0.1) is 11.0 Å². The van der Waals surface area contributed by atoms with Gasteiger partial charge >= 0.3 is 0 Å².